The van der Waals surface area contributed by atoms with E-state index in [0.29, 0.717) is 10.6 Å². The second kappa shape index (κ2) is 4.56. The third kappa shape index (κ3) is 2.04. The number of benzene rings is 2. The van der Waals surface area contributed by atoms with Crippen LogP contribution in [0.4, 0.5) is 0 Å². The Labute approximate surface area is 115 Å². The molecule has 0 spiro atoms. The Bertz CT molecular complexity index is 806. The van der Waals surface area contributed by atoms with Gasteiger partial charge in [0, 0.05) is 17.6 Å². The molecule has 0 amide bonds. The zero-order chi connectivity index (χ0) is 13.4. The van der Waals surface area contributed by atoms with Crippen LogP contribution in [0.5, 0.6) is 0 Å². The summed E-state index contributed by atoms with van der Waals surface area (Å²) in [6, 6.07) is 17.2. The molecule has 0 N–H and O–H groups in total. The molecule has 0 bridgehead atoms. The lowest BCUT2D eigenvalue weighted by molar-refractivity contribution is 0.909. The van der Waals surface area contributed by atoms with Crippen LogP contribution in [-0.2, 0) is 7.05 Å². The molecule has 3 aromatic rings. The van der Waals surface area contributed by atoms with Gasteiger partial charge in [0.25, 0.3) is 5.56 Å². The summed E-state index contributed by atoms with van der Waals surface area (Å²) < 4.78 is 1.64. The molecule has 0 atom stereocenters. The van der Waals surface area contributed by atoms with Gasteiger partial charge in [-0.25, -0.2) is 0 Å². The van der Waals surface area contributed by atoms with Gasteiger partial charge in [-0.2, -0.15) is 0 Å². The maximum absolute atomic E-state index is 12.4. The number of fused-ring (bicyclic) bond motifs is 1. The van der Waals surface area contributed by atoms with Gasteiger partial charge in [-0.05, 0) is 29.1 Å². The SMILES string of the molecule is Cn1c(=O)c(-c2ccccc2)cc2ccc(Cl)cc21. The summed E-state index contributed by atoms with van der Waals surface area (Å²) in [4.78, 5) is 12.4. The molecule has 0 unspecified atom stereocenters. The first-order valence-corrected chi connectivity index (χ1v) is 6.39. The quantitative estimate of drug-likeness (QED) is 0.657. The zero-order valence-electron chi connectivity index (χ0n) is 10.4. The molecule has 0 saturated carbocycles. The van der Waals surface area contributed by atoms with Gasteiger partial charge < -0.3 is 4.57 Å². The second-order valence-electron chi connectivity index (χ2n) is 4.49. The number of halogens is 1. The van der Waals surface area contributed by atoms with E-state index in [4.69, 9.17) is 11.6 Å². The second-order valence-corrected chi connectivity index (χ2v) is 4.93. The predicted octanol–water partition coefficient (Wildman–Crippen LogP) is 3.86. The predicted molar refractivity (Wildman–Crippen MR) is 79.6 cm³/mol. The van der Waals surface area contributed by atoms with Crippen molar-refractivity contribution in [2.45, 2.75) is 0 Å². The summed E-state index contributed by atoms with van der Waals surface area (Å²) in [5, 5.41) is 1.64. The maximum atomic E-state index is 12.4. The van der Waals surface area contributed by atoms with E-state index in [0.717, 1.165) is 16.5 Å². The number of hydrogen-bond acceptors (Lipinski definition) is 1. The molecule has 0 aliphatic rings. The first kappa shape index (κ1) is 12.0. The summed E-state index contributed by atoms with van der Waals surface area (Å²) in [6.45, 7) is 0. The minimum absolute atomic E-state index is 0.0130. The van der Waals surface area contributed by atoms with Gasteiger partial charge in [0.05, 0.1) is 5.52 Å². The van der Waals surface area contributed by atoms with Crippen LogP contribution < -0.4 is 5.56 Å². The van der Waals surface area contributed by atoms with Gasteiger partial charge in [-0.15, -0.1) is 0 Å². The fraction of sp³-hybridized carbons (Fsp3) is 0.0625. The third-order valence-electron chi connectivity index (χ3n) is 3.27. The van der Waals surface area contributed by atoms with Crippen molar-refractivity contribution >= 4 is 22.5 Å². The summed E-state index contributed by atoms with van der Waals surface area (Å²) in [7, 11) is 1.77. The van der Waals surface area contributed by atoms with Gasteiger partial charge >= 0.3 is 0 Å². The van der Waals surface area contributed by atoms with E-state index in [1.165, 1.54) is 0 Å². The molecule has 3 heteroatoms. The van der Waals surface area contributed by atoms with Crippen LogP contribution in [0.2, 0.25) is 5.02 Å². The molecule has 94 valence electrons. The van der Waals surface area contributed by atoms with Crippen molar-refractivity contribution in [1.29, 1.82) is 0 Å². The van der Waals surface area contributed by atoms with Crippen LogP contribution in [0.1, 0.15) is 0 Å². The van der Waals surface area contributed by atoms with Gasteiger partial charge in [0.2, 0.25) is 0 Å². The lowest BCUT2D eigenvalue weighted by Gasteiger charge is -2.09. The molecule has 0 aliphatic heterocycles. The van der Waals surface area contributed by atoms with Gasteiger partial charge in [0.15, 0.2) is 0 Å². The highest BCUT2D eigenvalue weighted by molar-refractivity contribution is 6.31. The van der Waals surface area contributed by atoms with E-state index in [2.05, 4.69) is 0 Å². The Balaban J connectivity index is 2.37. The van der Waals surface area contributed by atoms with E-state index in [1.807, 2.05) is 54.6 Å². The van der Waals surface area contributed by atoms with Crippen molar-refractivity contribution in [3.05, 3.63) is 70.0 Å². The molecule has 0 aliphatic carbocycles. The Morgan fingerprint density at radius 3 is 2.47 bits per heavy atom. The number of rotatable bonds is 1. The minimum Gasteiger partial charge on any atom is -0.311 e. The molecule has 3 rings (SSSR count). The van der Waals surface area contributed by atoms with Crippen molar-refractivity contribution in [3.63, 3.8) is 0 Å². The Morgan fingerprint density at radius 1 is 1.00 bits per heavy atom. The molecule has 0 fully saturated rings. The number of pyridine rings is 1. The van der Waals surface area contributed by atoms with Crippen molar-refractivity contribution in [2.75, 3.05) is 0 Å². The maximum Gasteiger partial charge on any atom is 0.258 e. The Kier molecular flexibility index (Phi) is 2.88. The summed E-state index contributed by atoms with van der Waals surface area (Å²) >= 11 is 5.98. The summed E-state index contributed by atoms with van der Waals surface area (Å²) in [5.41, 5.74) is 2.47. The van der Waals surface area contributed by atoms with Crippen LogP contribution in [0.25, 0.3) is 22.0 Å². The average molecular weight is 270 g/mol. The molecule has 0 saturated heterocycles. The Morgan fingerprint density at radius 2 is 1.74 bits per heavy atom. The zero-order valence-corrected chi connectivity index (χ0v) is 11.2. The first-order valence-electron chi connectivity index (χ1n) is 6.01. The fourth-order valence-electron chi connectivity index (χ4n) is 2.26. The van der Waals surface area contributed by atoms with E-state index >= 15 is 0 Å². The van der Waals surface area contributed by atoms with E-state index in [1.54, 1.807) is 11.6 Å². The van der Waals surface area contributed by atoms with Crippen LogP contribution >= 0.6 is 11.6 Å². The summed E-state index contributed by atoms with van der Waals surface area (Å²) in [6.07, 6.45) is 0. The molecule has 2 nitrogen and oxygen atoms in total. The average Bonchev–Trinajstić information content (AvgIpc) is 2.44. The smallest absolute Gasteiger partial charge is 0.258 e. The molecule has 19 heavy (non-hydrogen) atoms. The Hall–Kier alpha value is -2.06. The molecule has 2 aromatic carbocycles. The molecular formula is C16H12ClNO. The fourth-order valence-corrected chi connectivity index (χ4v) is 2.43. The largest absolute Gasteiger partial charge is 0.311 e. The van der Waals surface area contributed by atoms with Crippen molar-refractivity contribution in [3.8, 4) is 11.1 Å². The van der Waals surface area contributed by atoms with Crippen LogP contribution in [0.15, 0.2) is 59.4 Å². The molecule has 1 heterocycles. The lowest BCUT2D eigenvalue weighted by atomic mass is 10.0. The van der Waals surface area contributed by atoms with E-state index in [9.17, 15) is 4.79 Å². The normalized spacial score (nSPS) is 10.8. The summed E-state index contributed by atoms with van der Waals surface area (Å²) in [5.74, 6) is 0. The molecule has 0 radical (unpaired) electrons. The highest BCUT2D eigenvalue weighted by Gasteiger charge is 2.08. The van der Waals surface area contributed by atoms with E-state index in [-0.39, 0.29) is 5.56 Å². The van der Waals surface area contributed by atoms with Gasteiger partial charge in [-0.3, -0.25) is 4.79 Å². The highest BCUT2D eigenvalue weighted by Crippen LogP contribution is 2.22. The number of aromatic nitrogens is 1. The number of aryl methyl sites for hydroxylation is 1. The third-order valence-corrected chi connectivity index (χ3v) is 3.51. The highest BCUT2D eigenvalue weighted by atomic mass is 35.5. The lowest BCUT2D eigenvalue weighted by Crippen LogP contribution is -2.18. The standard InChI is InChI=1S/C16H12ClNO/c1-18-15-10-13(17)8-7-12(15)9-14(16(18)19)11-5-3-2-4-6-11/h2-10H,1H3. The molecule has 1 aromatic heterocycles. The monoisotopic (exact) mass is 269 g/mol. The molecular weight excluding hydrogens is 258 g/mol. The van der Waals surface area contributed by atoms with Crippen molar-refractivity contribution < 1.29 is 0 Å². The van der Waals surface area contributed by atoms with Gasteiger partial charge in [-0.1, -0.05) is 48.0 Å². The minimum atomic E-state index is -0.0130. The van der Waals surface area contributed by atoms with Crippen molar-refractivity contribution in [1.82, 2.24) is 4.57 Å². The number of nitrogens with zero attached hydrogens (tertiary/aromatic N) is 1. The van der Waals surface area contributed by atoms with Crippen LogP contribution in [0.3, 0.4) is 0 Å². The van der Waals surface area contributed by atoms with Crippen molar-refractivity contribution in [2.24, 2.45) is 7.05 Å². The number of hydrogen-bond donors (Lipinski definition) is 0. The first-order chi connectivity index (χ1) is 9.16. The van der Waals surface area contributed by atoms with Gasteiger partial charge in [0.1, 0.15) is 0 Å². The van der Waals surface area contributed by atoms with E-state index < -0.39 is 0 Å². The van der Waals surface area contributed by atoms with Crippen LogP contribution in [0, 0.1) is 0 Å². The van der Waals surface area contributed by atoms with Crippen LogP contribution in [-0.4, -0.2) is 4.57 Å². The topological polar surface area (TPSA) is 22.0 Å².